The van der Waals surface area contributed by atoms with Gasteiger partial charge in [-0.3, -0.25) is 4.79 Å². The van der Waals surface area contributed by atoms with Crippen molar-refractivity contribution in [2.45, 2.75) is 37.4 Å². The molecule has 104 valence electrons. The van der Waals surface area contributed by atoms with Gasteiger partial charge in [-0.2, -0.15) is 10.2 Å². The van der Waals surface area contributed by atoms with Gasteiger partial charge in [0.25, 0.3) is 0 Å². The number of nitrogens with one attached hydrogen (secondary N) is 1. The Balaban J connectivity index is 1.78. The summed E-state index contributed by atoms with van der Waals surface area (Å²) in [6.45, 7) is 3.72. The standard InChI is InChI=1S/C14H16N4OS/c1-3-5-7-14(17-18-14)8-6-13(19)16-11(4-2)12-9-20-10-15-12/h1,4,9-11H,2,5-8H2,(H,16,19). The van der Waals surface area contributed by atoms with Crippen molar-refractivity contribution in [1.29, 1.82) is 0 Å². The third kappa shape index (κ3) is 3.75. The minimum atomic E-state index is -0.409. The molecule has 1 unspecified atom stereocenters. The molecule has 1 atom stereocenters. The van der Waals surface area contributed by atoms with E-state index in [1.54, 1.807) is 11.6 Å². The molecule has 2 heterocycles. The third-order valence-electron chi connectivity index (χ3n) is 3.13. The minimum absolute atomic E-state index is 0.0553. The molecule has 0 saturated carbocycles. The average molecular weight is 288 g/mol. The number of rotatable bonds is 8. The summed E-state index contributed by atoms with van der Waals surface area (Å²) in [7, 11) is 0. The van der Waals surface area contributed by atoms with E-state index in [1.165, 1.54) is 11.3 Å². The SMILES string of the molecule is C#CCCC1(CCC(=O)NC(C=C)c2cscn2)N=N1. The largest absolute Gasteiger partial charge is 0.344 e. The fourth-order valence-electron chi connectivity index (χ4n) is 1.86. The highest BCUT2D eigenvalue weighted by Crippen LogP contribution is 2.37. The predicted octanol–water partition coefficient (Wildman–Crippen LogP) is 2.84. The van der Waals surface area contributed by atoms with Crippen molar-refractivity contribution < 1.29 is 4.79 Å². The second-order valence-corrected chi connectivity index (χ2v) is 5.30. The summed E-state index contributed by atoms with van der Waals surface area (Å²) in [6.07, 6.45) is 9.21. The summed E-state index contributed by atoms with van der Waals surface area (Å²) in [6, 6.07) is -0.247. The van der Waals surface area contributed by atoms with Crippen molar-refractivity contribution in [3.63, 3.8) is 0 Å². The van der Waals surface area contributed by atoms with Crippen molar-refractivity contribution in [2.75, 3.05) is 0 Å². The van der Waals surface area contributed by atoms with Crippen molar-refractivity contribution in [3.8, 4) is 12.3 Å². The lowest BCUT2D eigenvalue weighted by molar-refractivity contribution is -0.121. The Labute approximate surface area is 122 Å². The molecular weight excluding hydrogens is 272 g/mol. The number of amides is 1. The number of nitrogens with zero attached hydrogens (tertiary/aromatic N) is 3. The molecule has 1 aliphatic rings. The molecule has 20 heavy (non-hydrogen) atoms. The Morgan fingerprint density at radius 2 is 2.40 bits per heavy atom. The Bertz CT molecular complexity index is 538. The highest BCUT2D eigenvalue weighted by molar-refractivity contribution is 7.07. The summed E-state index contributed by atoms with van der Waals surface area (Å²) in [5.41, 5.74) is 2.13. The molecule has 1 N–H and O–H groups in total. The summed E-state index contributed by atoms with van der Waals surface area (Å²) in [5, 5.41) is 12.8. The van der Waals surface area contributed by atoms with Crippen LogP contribution in [0.1, 0.15) is 37.4 Å². The normalized spacial score (nSPS) is 16.1. The second-order valence-electron chi connectivity index (χ2n) is 4.58. The first-order valence-electron chi connectivity index (χ1n) is 6.37. The van der Waals surface area contributed by atoms with E-state index in [-0.39, 0.29) is 11.9 Å². The zero-order valence-electron chi connectivity index (χ0n) is 11.1. The van der Waals surface area contributed by atoms with Gasteiger partial charge in [0.05, 0.1) is 17.2 Å². The van der Waals surface area contributed by atoms with Gasteiger partial charge in [0.15, 0.2) is 5.66 Å². The van der Waals surface area contributed by atoms with E-state index in [1.807, 2.05) is 5.38 Å². The van der Waals surface area contributed by atoms with E-state index >= 15 is 0 Å². The number of aromatic nitrogens is 1. The van der Waals surface area contributed by atoms with Gasteiger partial charge in [0.2, 0.25) is 5.91 Å². The highest BCUT2D eigenvalue weighted by Gasteiger charge is 2.39. The fourth-order valence-corrected chi connectivity index (χ4v) is 2.45. The van der Waals surface area contributed by atoms with Gasteiger partial charge >= 0.3 is 0 Å². The predicted molar refractivity (Wildman–Crippen MR) is 78.1 cm³/mol. The highest BCUT2D eigenvalue weighted by atomic mass is 32.1. The van der Waals surface area contributed by atoms with Crippen LogP contribution in [0.5, 0.6) is 0 Å². The summed E-state index contributed by atoms with van der Waals surface area (Å²) in [5.74, 6) is 2.52. The zero-order chi connectivity index (χ0) is 14.4. The first kappa shape index (κ1) is 14.4. The lowest BCUT2D eigenvalue weighted by atomic mass is 10.0. The maximum Gasteiger partial charge on any atom is 0.220 e. The molecular formula is C14H16N4OS. The second kappa shape index (κ2) is 6.44. The molecule has 0 saturated heterocycles. The fraction of sp³-hybridized carbons (Fsp3) is 0.429. The number of carbonyl (C=O) groups excluding carboxylic acids is 1. The van der Waals surface area contributed by atoms with Gasteiger partial charge in [-0.25, -0.2) is 4.98 Å². The van der Waals surface area contributed by atoms with Crippen molar-refractivity contribution in [2.24, 2.45) is 10.2 Å². The van der Waals surface area contributed by atoms with Crippen LogP contribution in [-0.4, -0.2) is 16.6 Å². The molecule has 1 aromatic rings. The molecule has 2 rings (SSSR count). The molecule has 0 aromatic carbocycles. The number of hydrogen-bond donors (Lipinski definition) is 1. The maximum atomic E-state index is 11.9. The summed E-state index contributed by atoms with van der Waals surface area (Å²) >= 11 is 1.49. The third-order valence-corrected chi connectivity index (χ3v) is 3.73. The monoisotopic (exact) mass is 288 g/mol. The molecule has 6 heteroatoms. The summed E-state index contributed by atoms with van der Waals surface area (Å²) < 4.78 is 0. The summed E-state index contributed by atoms with van der Waals surface area (Å²) in [4.78, 5) is 16.1. The Morgan fingerprint density at radius 1 is 1.60 bits per heavy atom. The molecule has 5 nitrogen and oxygen atoms in total. The van der Waals surface area contributed by atoms with Crippen LogP contribution in [0, 0.1) is 12.3 Å². The van der Waals surface area contributed by atoms with Gasteiger partial charge in [0, 0.05) is 31.1 Å². The molecule has 0 aliphatic carbocycles. The van der Waals surface area contributed by atoms with E-state index in [4.69, 9.17) is 6.42 Å². The average Bonchev–Trinajstić information content (AvgIpc) is 3.02. The van der Waals surface area contributed by atoms with Crippen LogP contribution in [0.4, 0.5) is 0 Å². The molecule has 1 aromatic heterocycles. The molecule has 0 fully saturated rings. The number of terminal acetylenes is 1. The minimum Gasteiger partial charge on any atom is -0.344 e. The van der Waals surface area contributed by atoms with Gasteiger partial charge < -0.3 is 5.32 Å². The van der Waals surface area contributed by atoms with E-state index in [0.717, 1.165) is 5.69 Å². The van der Waals surface area contributed by atoms with Gasteiger partial charge in [-0.1, -0.05) is 6.08 Å². The quantitative estimate of drug-likeness (QED) is 0.590. The molecule has 1 amide bonds. The Hall–Kier alpha value is -2.00. The van der Waals surface area contributed by atoms with Gasteiger partial charge in [0.1, 0.15) is 0 Å². The first-order valence-corrected chi connectivity index (χ1v) is 7.31. The lowest BCUT2D eigenvalue weighted by Crippen LogP contribution is -2.28. The van der Waals surface area contributed by atoms with E-state index in [9.17, 15) is 4.79 Å². The molecule has 1 aliphatic heterocycles. The maximum absolute atomic E-state index is 11.9. The van der Waals surface area contributed by atoms with Crippen LogP contribution < -0.4 is 5.32 Å². The van der Waals surface area contributed by atoms with Gasteiger partial charge in [-0.05, 0) is 0 Å². The lowest BCUT2D eigenvalue weighted by Gasteiger charge is -2.13. The van der Waals surface area contributed by atoms with E-state index < -0.39 is 5.66 Å². The van der Waals surface area contributed by atoms with Crippen LogP contribution in [-0.2, 0) is 4.79 Å². The Kier molecular flexibility index (Phi) is 4.64. The zero-order valence-corrected chi connectivity index (χ0v) is 11.9. The first-order chi connectivity index (χ1) is 9.69. The van der Waals surface area contributed by atoms with Crippen molar-refractivity contribution in [1.82, 2.24) is 10.3 Å². The number of carbonyl (C=O) groups is 1. The van der Waals surface area contributed by atoms with Crippen LogP contribution >= 0.6 is 11.3 Å². The molecule has 0 radical (unpaired) electrons. The van der Waals surface area contributed by atoms with Gasteiger partial charge in [-0.15, -0.1) is 30.3 Å². The molecule has 0 bridgehead atoms. The van der Waals surface area contributed by atoms with Crippen LogP contribution in [0.15, 0.2) is 33.8 Å². The van der Waals surface area contributed by atoms with Crippen LogP contribution in [0.2, 0.25) is 0 Å². The number of thiazole rings is 1. The van der Waals surface area contributed by atoms with Crippen LogP contribution in [0.25, 0.3) is 0 Å². The number of hydrogen-bond acceptors (Lipinski definition) is 5. The van der Waals surface area contributed by atoms with Crippen molar-refractivity contribution >= 4 is 17.2 Å². The van der Waals surface area contributed by atoms with Crippen molar-refractivity contribution in [3.05, 3.63) is 29.2 Å². The van der Waals surface area contributed by atoms with E-state index in [2.05, 4.69) is 33.0 Å². The van der Waals surface area contributed by atoms with Crippen LogP contribution in [0.3, 0.4) is 0 Å². The van der Waals surface area contributed by atoms with E-state index in [0.29, 0.717) is 25.7 Å². The smallest absolute Gasteiger partial charge is 0.220 e. The topological polar surface area (TPSA) is 66.7 Å². The molecule has 0 spiro atoms. The Morgan fingerprint density at radius 3 is 2.95 bits per heavy atom.